The molecule has 0 bridgehead atoms. The smallest absolute Gasteiger partial charge is 0.344 e. The molecule has 0 aromatic carbocycles. The Hall–Kier alpha value is -1.30. The molecule has 0 fully saturated rings. The van der Waals surface area contributed by atoms with Gasteiger partial charge in [-0.2, -0.15) is 4.37 Å². The predicted octanol–water partition coefficient (Wildman–Crippen LogP) is 2.75. The quantitative estimate of drug-likeness (QED) is 0.778. The van der Waals surface area contributed by atoms with Crippen LogP contribution in [0.5, 0.6) is 0 Å². The van der Waals surface area contributed by atoms with E-state index in [0.717, 1.165) is 12.8 Å². The summed E-state index contributed by atoms with van der Waals surface area (Å²) in [6.45, 7) is 6.47. The van der Waals surface area contributed by atoms with Gasteiger partial charge in [0.2, 0.25) is 0 Å². The normalized spacial score (nSPS) is 12.5. The molecule has 1 atom stereocenters. The minimum atomic E-state index is -0.445. The number of methoxy groups -OCH3 is 1. The Bertz CT molecular complexity index is 404. The van der Waals surface area contributed by atoms with Crippen LogP contribution < -0.4 is 11.1 Å². The Morgan fingerprint density at radius 2 is 2.11 bits per heavy atom. The van der Waals surface area contributed by atoms with Crippen molar-refractivity contribution >= 4 is 28.3 Å². The molecule has 0 saturated carbocycles. The Kier molecular flexibility index (Phi) is 5.40. The summed E-state index contributed by atoms with van der Waals surface area (Å²) >= 11 is 1.20. The second-order valence-corrected chi connectivity index (χ2v) is 5.55. The van der Waals surface area contributed by atoms with E-state index < -0.39 is 5.97 Å². The third-order valence-corrected chi connectivity index (χ3v) is 3.46. The molecule has 0 spiro atoms. The molecule has 0 aliphatic heterocycles. The SMILES string of the molecule is COC(=O)c1c(N)nsc1NC(C)CCC(C)C. The van der Waals surface area contributed by atoms with Crippen LogP contribution in [0.25, 0.3) is 0 Å². The number of esters is 1. The number of ether oxygens (including phenoxy) is 1. The molecule has 0 radical (unpaired) electrons. The van der Waals surface area contributed by atoms with Crippen LogP contribution in [0.1, 0.15) is 44.0 Å². The number of hydrogen-bond donors (Lipinski definition) is 2. The Balaban J connectivity index is 2.70. The third kappa shape index (κ3) is 3.87. The summed E-state index contributed by atoms with van der Waals surface area (Å²) in [6.07, 6.45) is 2.17. The molecule has 1 unspecified atom stereocenters. The van der Waals surface area contributed by atoms with Crippen molar-refractivity contribution in [3.05, 3.63) is 5.56 Å². The molecule has 1 aromatic heterocycles. The zero-order valence-electron chi connectivity index (χ0n) is 11.3. The van der Waals surface area contributed by atoms with Gasteiger partial charge in [-0.1, -0.05) is 13.8 Å². The lowest BCUT2D eigenvalue weighted by Crippen LogP contribution is -2.17. The average Bonchev–Trinajstić information content (AvgIpc) is 2.67. The van der Waals surface area contributed by atoms with E-state index in [1.54, 1.807) is 0 Å². The molecule has 0 aliphatic carbocycles. The molecule has 1 heterocycles. The van der Waals surface area contributed by atoms with E-state index >= 15 is 0 Å². The highest BCUT2D eigenvalue weighted by Crippen LogP contribution is 2.28. The van der Waals surface area contributed by atoms with Gasteiger partial charge in [-0.25, -0.2) is 4.79 Å². The molecular formula is C12H21N3O2S. The number of anilines is 2. The fraction of sp³-hybridized carbons (Fsp3) is 0.667. The summed E-state index contributed by atoms with van der Waals surface area (Å²) in [6, 6.07) is 0.274. The van der Waals surface area contributed by atoms with Crippen molar-refractivity contribution in [3.63, 3.8) is 0 Å². The van der Waals surface area contributed by atoms with Gasteiger partial charge in [0.25, 0.3) is 0 Å². The van der Waals surface area contributed by atoms with Gasteiger partial charge < -0.3 is 15.8 Å². The number of carbonyl (C=O) groups is 1. The molecule has 1 aromatic rings. The van der Waals surface area contributed by atoms with Crippen LogP contribution in [0.15, 0.2) is 0 Å². The first-order valence-electron chi connectivity index (χ1n) is 6.05. The summed E-state index contributed by atoms with van der Waals surface area (Å²) < 4.78 is 8.69. The first-order chi connectivity index (χ1) is 8.45. The Morgan fingerprint density at radius 3 is 2.67 bits per heavy atom. The van der Waals surface area contributed by atoms with Crippen molar-refractivity contribution in [2.24, 2.45) is 5.92 Å². The van der Waals surface area contributed by atoms with Crippen molar-refractivity contribution in [1.82, 2.24) is 4.37 Å². The van der Waals surface area contributed by atoms with Gasteiger partial charge in [-0.3, -0.25) is 0 Å². The van der Waals surface area contributed by atoms with Crippen molar-refractivity contribution in [2.75, 3.05) is 18.2 Å². The van der Waals surface area contributed by atoms with Crippen molar-refractivity contribution in [2.45, 2.75) is 39.7 Å². The minimum absolute atomic E-state index is 0.227. The minimum Gasteiger partial charge on any atom is -0.465 e. The van der Waals surface area contributed by atoms with Crippen molar-refractivity contribution < 1.29 is 9.53 Å². The van der Waals surface area contributed by atoms with Gasteiger partial charge in [0.1, 0.15) is 10.6 Å². The second kappa shape index (κ2) is 6.58. The summed E-state index contributed by atoms with van der Waals surface area (Å²) in [7, 11) is 1.34. The molecule has 0 saturated heterocycles. The van der Waals surface area contributed by atoms with E-state index in [4.69, 9.17) is 10.5 Å². The number of nitrogens with one attached hydrogen (secondary N) is 1. The molecule has 5 nitrogen and oxygen atoms in total. The molecule has 102 valence electrons. The molecule has 18 heavy (non-hydrogen) atoms. The molecule has 6 heteroatoms. The Morgan fingerprint density at radius 1 is 1.44 bits per heavy atom. The second-order valence-electron chi connectivity index (χ2n) is 4.78. The molecule has 3 N–H and O–H groups in total. The maximum atomic E-state index is 11.6. The van der Waals surface area contributed by atoms with Crippen LogP contribution in [0.4, 0.5) is 10.8 Å². The highest BCUT2D eigenvalue weighted by molar-refractivity contribution is 7.11. The molecule has 0 aliphatic rings. The first kappa shape index (κ1) is 14.8. The topological polar surface area (TPSA) is 77.2 Å². The summed E-state index contributed by atoms with van der Waals surface area (Å²) in [4.78, 5) is 11.6. The van der Waals surface area contributed by atoms with Gasteiger partial charge in [-0.15, -0.1) is 0 Å². The maximum Gasteiger partial charge on any atom is 0.344 e. The summed E-state index contributed by atoms with van der Waals surface area (Å²) in [5, 5.41) is 3.97. The maximum absolute atomic E-state index is 11.6. The van der Waals surface area contributed by atoms with E-state index in [-0.39, 0.29) is 11.9 Å². The van der Waals surface area contributed by atoms with Crippen molar-refractivity contribution in [3.8, 4) is 0 Å². The van der Waals surface area contributed by atoms with Crippen LogP contribution in [-0.2, 0) is 4.74 Å². The van der Waals surface area contributed by atoms with E-state index in [1.807, 2.05) is 0 Å². The monoisotopic (exact) mass is 271 g/mol. The van der Waals surface area contributed by atoms with Gasteiger partial charge in [0, 0.05) is 6.04 Å². The van der Waals surface area contributed by atoms with Crippen LogP contribution in [0.3, 0.4) is 0 Å². The zero-order chi connectivity index (χ0) is 13.7. The number of aromatic nitrogens is 1. The summed E-state index contributed by atoms with van der Waals surface area (Å²) in [5.41, 5.74) is 6.02. The standard InChI is InChI=1S/C12H21N3O2S/c1-7(2)5-6-8(3)14-11-9(12(16)17-4)10(13)15-18-11/h7-8,14H,5-6H2,1-4H3,(H2,13,15). The van der Waals surface area contributed by atoms with Crippen LogP contribution >= 0.6 is 11.5 Å². The number of nitrogens with two attached hydrogens (primary N) is 1. The van der Waals surface area contributed by atoms with Gasteiger partial charge in [-0.05, 0) is 37.2 Å². The highest BCUT2D eigenvalue weighted by Gasteiger charge is 2.20. The predicted molar refractivity (Wildman–Crippen MR) is 75.0 cm³/mol. The Labute approximate surface area is 112 Å². The van der Waals surface area contributed by atoms with E-state index in [9.17, 15) is 4.79 Å². The van der Waals surface area contributed by atoms with Crippen LogP contribution in [0, 0.1) is 5.92 Å². The van der Waals surface area contributed by atoms with Gasteiger partial charge in [0.15, 0.2) is 5.82 Å². The van der Waals surface area contributed by atoms with Gasteiger partial charge in [0.05, 0.1) is 7.11 Å². The molecular weight excluding hydrogens is 250 g/mol. The number of nitrogen functional groups attached to an aromatic ring is 1. The summed E-state index contributed by atoms with van der Waals surface area (Å²) in [5.74, 6) is 0.450. The van der Waals surface area contributed by atoms with Crippen LogP contribution in [0.2, 0.25) is 0 Å². The van der Waals surface area contributed by atoms with Gasteiger partial charge >= 0.3 is 5.97 Å². The lowest BCUT2D eigenvalue weighted by Gasteiger charge is -2.15. The van der Waals surface area contributed by atoms with E-state index in [2.05, 4.69) is 30.5 Å². The van der Waals surface area contributed by atoms with E-state index in [0.29, 0.717) is 16.5 Å². The number of nitrogens with zero attached hydrogens (tertiary/aromatic N) is 1. The molecule has 0 amide bonds. The fourth-order valence-corrected chi connectivity index (χ4v) is 2.39. The fourth-order valence-electron chi connectivity index (χ4n) is 1.58. The third-order valence-electron chi connectivity index (χ3n) is 2.66. The first-order valence-corrected chi connectivity index (χ1v) is 6.83. The zero-order valence-corrected chi connectivity index (χ0v) is 12.1. The average molecular weight is 271 g/mol. The lowest BCUT2D eigenvalue weighted by atomic mass is 10.0. The number of carbonyl (C=O) groups excluding carboxylic acids is 1. The van der Waals surface area contributed by atoms with Crippen LogP contribution in [-0.4, -0.2) is 23.5 Å². The molecule has 1 rings (SSSR count). The van der Waals surface area contributed by atoms with Crippen molar-refractivity contribution in [1.29, 1.82) is 0 Å². The largest absolute Gasteiger partial charge is 0.465 e. The number of rotatable bonds is 6. The highest BCUT2D eigenvalue weighted by atomic mass is 32.1. The lowest BCUT2D eigenvalue weighted by molar-refractivity contribution is 0.0603. The number of hydrogen-bond acceptors (Lipinski definition) is 6. The van der Waals surface area contributed by atoms with E-state index in [1.165, 1.54) is 18.6 Å².